The van der Waals surface area contributed by atoms with Gasteiger partial charge in [0.15, 0.2) is 4.96 Å². The van der Waals surface area contributed by atoms with Crippen LogP contribution in [0.15, 0.2) is 29.6 Å². The van der Waals surface area contributed by atoms with Crippen LogP contribution in [0.4, 0.5) is 0 Å². The van der Waals surface area contributed by atoms with Crippen LogP contribution in [0.3, 0.4) is 0 Å². The van der Waals surface area contributed by atoms with E-state index >= 15 is 0 Å². The predicted octanol–water partition coefficient (Wildman–Crippen LogP) is 2.20. The maximum atomic E-state index is 12.4. The smallest absolute Gasteiger partial charge is 0.271 e. The zero-order valence-corrected chi connectivity index (χ0v) is 15.3. The summed E-state index contributed by atoms with van der Waals surface area (Å²) in [5.74, 6) is 1.01. The second kappa shape index (κ2) is 7.18. The summed E-state index contributed by atoms with van der Waals surface area (Å²) in [6, 6.07) is 0. The molecule has 3 rings (SSSR count). The molecule has 1 amide bonds. The summed E-state index contributed by atoms with van der Waals surface area (Å²) in [6.45, 7) is 7.36. The molecule has 0 bridgehead atoms. The molecule has 0 unspecified atom stereocenters. The number of hydrogen-bond donors (Lipinski definition) is 1. The van der Waals surface area contributed by atoms with Crippen molar-refractivity contribution in [3.63, 3.8) is 0 Å². The second-order valence-corrected chi connectivity index (χ2v) is 7.43. The van der Waals surface area contributed by atoms with Crippen LogP contribution in [0.1, 0.15) is 47.2 Å². The predicted molar refractivity (Wildman–Crippen MR) is 97.3 cm³/mol. The minimum absolute atomic E-state index is 0.0702. The lowest BCUT2D eigenvalue weighted by molar-refractivity contribution is 0.0950. The van der Waals surface area contributed by atoms with Crippen LogP contribution in [0.5, 0.6) is 0 Å². The van der Waals surface area contributed by atoms with E-state index in [1.165, 1.54) is 21.9 Å². The first-order valence-electron chi connectivity index (χ1n) is 8.24. The quantitative estimate of drug-likeness (QED) is 0.684. The average molecular weight is 359 g/mol. The molecule has 8 heteroatoms. The molecular weight excluding hydrogens is 338 g/mol. The van der Waals surface area contributed by atoms with Gasteiger partial charge in [-0.1, -0.05) is 13.8 Å². The zero-order valence-electron chi connectivity index (χ0n) is 14.5. The number of nitrogens with zero attached hydrogens (tertiary/aromatic N) is 4. The van der Waals surface area contributed by atoms with Gasteiger partial charge in [0.05, 0.1) is 0 Å². The molecule has 0 radical (unpaired) electrons. The van der Waals surface area contributed by atoms with Gasteiger partial charge in [0.1, 0.15) is 11.4 Å². The highest BCUT2D eigenvalue weighted by Gasteiger charge is 2.14. The Bertz CT molecular complexity index is 954. The van der Waals surface area contributed by atoms with Crippen LogP contribution in [-0.2, 0) is 6.54 Å². The van der Waals surface area contributed by atoms with Gasteiger partial charge in [0.2, 0.25) is 0 Å². The van der Waals surface area contributed by atoms with E-state index in [2.05, 4.69) is 33.7 Å². The van der Waals surface area contributed by atoms with Crippen LogP contribution < -0.4 is 10.9 Å². The Morgan fingerprint density at radius 3 is 2.92 bits per heavy atom. The van der Waals surface area contributed by atoms with Gasteiger partial charge < -0.3 is 9.88 Å². The summed E-state index contributed by atoms with van der Waals surface area (Å²) in [6.07, 6.45) is 7.56. The summed E-state index contributed by atoms with van der Waals surface area (Å²) >= 11 is 1.42. The number of carbonyl (C=O) groups excluding carboxylic acids is 1. The van der Waals surface area contributed by atoms with E-state index in [9.17, 15) is 9.59 Å². The van der Waals surface area contributed by atoms with Gasteiger partial charge >= 0.3 is 0 Å². The molecule has 0 spiro atoms. The Hall–Kier alpha value is -2.48. The lowest BCUT2D eigenvalue weighted by Crippen LogP contribution is -2.32. The lowest BCUT2D eigenvalue weighted by atomic mass is 10.2. The first-order valence-corrected chi connectivity index (χ1v) is 9.06. The Morgan fingerprint density at radius 2 is 2.16 bits per heavy atom. The number of thiazole rings is 1. The molecule has 25 heavy (non-hydrogen) atoms. The van der Waals surface area contributed by atoms with E-state index < -0.39 is 0 Å². The lowest BCUT2D eigenvalue weighted by Gasteiger charge is -2.10. The zero-order chi connectivity index (χ0) is 18.0. The van der Waals surface area contributed by atoms with Crippen molar-refractivity contribution in [1.29, 1.82) is 0 Å². The third-order valence-corrected chi connectivity index (χ3v) is 4.80. The van der Waals surface area contributed by atoms with Crippen LogP contribution in [0.25, 0.3) is 4.96 Å². The topological polar surface area (TPSA) is 81.3 Å². The normalized spacial score (nSPS) is 11.4. The van der Waals surface area contributed by atoms with Gasteiger partial charge in [-0.15, -0.1) is 11.3 Å². The highest BCUT2D eigenvalue weighted by atomic mass is 32.1. The van der Waals surface area contributed by atoms with E-state index in [0.29, 0.717) is 17.4 Å². The molecule has 0 aliphatic heterocycles. The number of nitrogens with one attached hydrogen (secondary N) is 1. The third-order valence-electron chi connectivity index (χ3n) is 3.89. The first-order chi connectivity index (χ1) is 12.0. The number of fused-ring (bicyclic) bond motifs is 1. The Labute approximate surface area is 149 Å². The van der Waals surface area contributed by atoms with Crippen molar-refractivity contribution in [2.75, 3.05) is 6.54 Å². The molecule has 132 valence electrons. The fraction of sp³-hybridized carbons (Fsp3) is 0.412. The third kappa shape index (κ3) is 3.63. The Kier molecular flexibility index (Phi) is 4.98. The van der Waals surface area contributed by atoms with E-state index in [-0.39, 0.29) is 17.0 Å². The van der Waals surface area contributed by atoms with E-state index in [0.717, 1.165) is 23.7 Å². The van der Waals surface area contributed by atoms with Crippen LogP contribution in [-0.4, -0.2) is 31.4 Å². The highest BCUT2D eigenvalue weighted by molar-refractivity contribution is 7.16. The molecular formula is C17H21N5O2S. The number of rotatable bonds is 6. The summed E-state index contributed by atoms with van der Waals surface area (Å²) < 4.78 is 3.52. The minimum Gasteiger partial charge on any atom is -0.352 e. The van der Waals surface area contributed by atoms with Gasteiger partial charge in [0.25, 0.3) is 11.5 Å². The molecule has 3 aromatic heterocycles. The minimum atomic E-state index is -0.384. The monoisotopic (exact) mass is 359 g/mol. The van der Waals surface area contributed by atoms with Gasteiger partial charge in [-0.05, 0) is 13.3 Å². The molecule has 3 aromatic rings. The molecule has 0 saturated heterocycles. The van der Waals surface area contributed by atoms with Crippen molar-refractivity contribution in [2.45, 2.75) is 39.7 Å². The number of hydrogen-bond acceptors (Lipinski definition) is 5. The molecule has 0 aliphatic rings. The summed E-state index contributed by atoms with van der Waals surface area (Å²) in [5.41, 5.74) is -0.260. The first kappa shape index (κ1) is 17.3. The fourth-order valence-corrected chi connectivity index (χ4v) is 3.49. The highest BCUT2D eigenvalue weighted by Crippen LogP contribution is 2.13. The standard InChI is InChI=1S/C17H21N5O2S/c1-11(2)14-18-6-8-21(14)7-4-5-19-15(23)13-9-20-17-22(16(13)24)10-12(3)25-17/h6,8-11H,4-5,7H2,1-3H3,(H,19,23). The van der Waals surface area contributed by atoms with Crippen molar-refractivity contribution in [2.24, 2.45) is 0 Å². The molecule has 0 saturated carbocycles. The number of carbonyl (C=O) groups is 1. The molecule has 0 atom stereocenters. The average Bonchev–Trinajstić information content (AvgIpc) is 3.18. The maximum absolute atomic E-state index is 12.4. The van der Waals surface area contributed by atoms with Crippen molar-refractivity contribution < 1.29 is 4.79 Å². The maximum Gasteiger partial charge on any atom is 0.271 e. The number of amides is 1. The van der Waals surface area contributed by atoms with Gasteiger partial charge in [-0.2, -0.15) is 0 Å². The number of aryl methyl sites for hydroxylation is 2. The Morgan fingerprint density at radius 1 is 1.36 bits per heavy atom. The summed E-state index contributed by atoms with van der Waals surface area (Å²) in [5, 5.41) is 2.80. The largest absolute Gasteiger partial charge is 0.352 e. The molecule has 1 N–H and O–H groups in total. The second-order valence-electron chi connectivity index (χ2n) is 6.21. The molecule has 0 aromatic carbocycles. The van der Waals surface area contributed by atoms with Crippen LogP contribution in [0, 0.1) is 6.92 Å². The number of imidazole rings is 1. The van der Waals surface area contributed by atoms with Crippen molar-refractivity contribution in [1.82, 2.24) is 24.3 Å². The van der Waals surface area contributed by atoms with Crippen molar-refractivity contribution in [3.8, 4) is 0 Å². The van der Waals surface area contributed by atoms with Crippen LogP contribution in [0.2, 0.25) is 0 Å². The number of aromatic nitrogens is 4. The van der Waals surface area contributed by atoms with Gasteiger partial charge in [-0.25, -0.2) is 9.97 Å². The molecule has 3 heterocycles. The Balaban J connectivity index is 1.60. The fourth-order valence-electron chi connectivity index (χ4n) is 2.71. The molecule has 0 fully saturated rings. The van der Waals surface area contributed by atoms with E-state index in [1.54, 1.807) is 12.4 Å². The summed E-state index contributed by atoms with van der Waals surface area (Å²) in [4.78, 5) is 34.8. The van der Waals surface area contributed by atoms with Gasteiger partial charge in [0, 0.05) is 48.7 Å². The SMILES string of the molecule is Cc1cn2c(=O)c(C(=O)NCCCn3ccnc3C(C)C)cnc2s1. The van der Waals surface area contributed by atoms with Gasteiger partial charge in [-0.3, -0.25) is 14.0 Å². The molecule has 0 aliphatic carbocycles. The van der Waals surface area contributed by atoms with E-state index in [1.807, 2.05) is 13.1 Å². The van der Waals surface area contributed by atoms with Crippen molar-refractivity contribution in [3.05, 3.63) is 51.4 Å². The van der Waals surface area contributed by atoms with E-state index in [4.69, 9.17) is 0 Å². The molecule has 7 nitrogen and oxygen atoms in total. The van der Waals surface area contributed by atoms with Crippen LogP contribution >= 0.6 is 11.3 Å². The summed E-state index contributed by atoms with van der Waals surface area (Å²) in [7, 11) is 0. The van der Waals surface area contributed by atoms with Crippen molar-refractivity contribution >= 4 is 22.2 Å².